The number of ether oxygens (including phenoxy) is 1. The van der Waals surface area contributed by atoms with Crippen molar-refractivity contribution < 1.29 is 9.53 Å². The van der Waals surface area contributed by atoms with Crippen molar-refractivity contribution in [1.82, 2.24) is 15.0 Å². The first-order valence-corrected chi connectivity index (χ1v) is 7.89. The van der Waals surface area contributed by atoms with Crippen molar-refractivity contribution in [3.05, 3.63) is 76.5 Å². The molecule has 0 aliphatic carbocycles. The van der Waals surface area contributed by atoms with Gasteiger partial charge in [0, 0.05) is 10.9 Å². The molecular formula is C19H15N3O3. The monoisotopic (exact) mass is 333 g/mol. The van der Waals surface area contributed by atoms with E-state index in [2.05, 4.69) is 15.0 Å². The third-order valence-electron chi connectivity index (χ3n) is 4.05. The van der Waals surface area contributed by atoms with Crippen molar-refractivity contribution in [2.75, 3.05) is 0 Å². The SMILES string of the molecule is C[C@@H](OC(=O)c1cc2ccccc2[nH]1)c1nc2ccccc2c(=O)[nH]1. The molecule has 4 aromatic rings. The molecule has 0 bridgehead atoms. The lowest BCUT2D eigenvalue weighted by molar-refractivity contribution is 0.0314. The number of aromatic nitrogens is 3. The average molecular weight is 333 g/mol. The molecule has 2 N–H and O–H groups in total. The zero-order chi connectivity index (χ0) is 17.4. The van der Waals surface area contributed by atoms with Gasteiger partial charge in [-0.2, -0.15) is 0 Å². The molecule has 1 atom stereocenters. The normalized spacial score (nSPS) is 12.4. The lowest BCUT2D eigenvalue weighted by atomic mass is 10.2. The number of benzene rings is 2. The summed E-state index contributed by atoms with van der Waals surface area (Å²) in [6.45, 7) is 1.67. The third kappa shape index (κ3) is 2.78. The topological polar surface area (TPSA) is 87.8 Å². The predicted molar refractivity (Wildman–Crippen MR) is 94.5 cm³/mol. The summed E-state index contributed by atoms with van der Waals surface area (Å²) >= 11 is 0. The number of hydrogen-bond acceptors (Lipinski definition) is 4. The van der Waals surface area contributed by atoms with Crippen molar-refractivity contribution >= 4 is 27.8 Å². The minimum absolute atomic E-state index is 0.255. The summed E-state index contributed by atoms with van der Waals surface area (Å²) in [6.07, 6.45) is -0.684. The second-order valence-corrected chi connectivity index (χ2v) is 5.79. The molecule has 0 aliphatic heterocycles. The molecule has 4 rings (SSSR count). The maximum atomic E-state index is 12.4. The van der Waals surface area contributed by atoms with Gasteiger partial charge >= 0.3 is 5.97 Å². The van der Waals surface area contributed by atoms with Gasteiger partial charge in [-0.25, -0.2) is 9.78 Å². The largest absolute Gasteiger partial charge is 0.450 e. The smallest absolute Gasteiger partial charge is 0.355 e. The number of aromatic amines is 2. The van der Waals surface area contributed by atoms with Crippen molar-refractivity contribution in [1.29, 1.82) is 0 Å². The Morgan fingerprint density at radius 3 is 2.68 bits per heavy atom. The van der Waals surface area contributed by atoms with Gasteiger partial charge in [0.15, 0.2) is 11.9 Å². The second kappa shape index (κ2) is 5.90. The van der Waals surface area contributed by atoms with E-state index in [1.54, 1.807) is 37.3 Å². The van der Waals surface area contributed by atoms with Gasteiger partial charge < -0.3 is 14.7 Å². The van der Waals surface area contributed by atoms with E-state index < -0.39 is 12.1 Å². The van der Waals surface area contributed by atoms with Gasteiger partial charge in [0.1, 0.15) is 5.69 Å². The Labute approximate surface area is 142 Å². The van der Waals surface area contributed by atoms with Gasteiger partial charge in [0.25, 0.3) is 5.56 Å². The second-order valence-electron chi connectivity index (χ2n) is 5.79. The standard InChI is InChI=1S/C19H15N3O3/c1-11(17-21-15-9-5-3-7-13(15)18(23)22-17)25-19(24)16-10-12-6-2-4-8-14(12)20-16/h2-11,20H,1H3,(H,21,22,23)/t11-/m1/s1. The number of nitrogens with zero attached hydrogens (tertiary/aromatic N) is 1. The molecule has 0 aliphatic rings. The van der Waals surface area contributed by atoms with Gasteiger partial charge in [-0.3, -0.25) is 4.79 Å². The predicted octanol–water partition coefficient (Wildman–Crippen LogP) is 3.32. The quantitative estimate of drug-likeness (QED) is 0.563. The van der Waals surface area contributed by atoms with Crippen LogP contribution in [0.2, 0.25) is 0 Å². The Kier molecular flexibility index (Phi) is 3.57. The summed E-state index contributed by atoms with van der Waals surface area (Å²) in [5.74, 6) is -0.187. The number of carbonyl (C=O) groups is 1. The summed E-state index contributed by atoms with van der Waals surface area (Å²) in [6, 6.07) is 16.4. The lowest BCUT2D eigenvalue weighted by Gasteiger charge is -2.12. The van der Waals surface area contributed by atoms with Crippen LogP contribution >= 0.6 is 0 Å². The summed E-state index contributed by atoms with van der Waals surface area (Å²) in [7, 11) is 0. The van der Waals surface area contributed by atoms with Gasteiger partial charge in [-0.1, -0.05) is 30.3 Å². The molecular weight excluding hydrogens is 318 g/mol. The highest BCUT2D eigenvalue weighted by Gasteiger charge is 2.18. The van der Waals surface area contributed by atoms with Crippen molar-refractivity contribution in [3.63, 3.8) is 0 Å². The molecule has 0 spiro atoms. The van der Waals surface area contributed by atoms with Crippen molar-refractivity contribution in [2.24, 2.45) is 0 Å². The van der Waals surface area contributed by atoms with Crippen LogP contribution < -0.4 is 5.56 Å². The van der Waals surface area contributed by atoms with Gasteiger partial charge in [0.05, 0.1) is 10.9 Å². The van der Waals surface area contributed by atoms with Crippen LogP contribution in [0.3, 0.4) is 0 Å². The van der Waals surface area contributed by atoms with Crippen LogP contribution in [-0.4, -0.2) is 20.9 Å². The minimum atomic E-state index is -0.684. The molecule has 0 unspecified atom stereocenters. The van der Waals surface area contributed by atoms with Gasteiger partial charge in [-0.15, -0.1) is 0 Å². The highest BCUT2D eigenvalue weighted by molar-refractivity contribution is 5.94. The first kappa shape index (κ1) is 15.1. The summed E-state index contributed by atoms with van der Waals surface area (Å²) in [5.41, 5.74) is 1.53. The fraction of sp³-hybridized carbons (Fsp3) is 0.105. The molecule has 6 nitrogen and oxygen atoms in total. The number of rotatable bonds is 3. The molecule has 2 aromatic carbocycles. The molecule has 0 saturated heterocycles. The number of nitrogens with one attached hydrogen (secondary N) is 2. The Hall–Kier alpha value is -3.41. The summed E-state index contributed by atoms with van der Waals surface area (Å²) in [5, 5.41) is 1.43. The number of H-pyrrole nitrogens is 2. The Morgan fingerprint density at radius 2 is 1.84 bits per heavy atom. The minimum Gasteiger partial charge on any atom is -0.450 e. The Bertz CT molecular complexity index is 1110. The summed E-state index contributed by atoms with van der Waals surface area (Å²) in [4.78, 5) is 34.6. The highest BCUT2D eigenvalue weighted by Crippen LogP contribution is 2.19. The zero-order valence-corrected chi connectivity index (χ0v) is 13.4. The number of carbonyl (C=O) groups excluding carboxylic acids is 1. The fourth-order valence-corrected chi connectivity index (χ4v) is 2.76. The first-order valence-electron chi connectivity index (χ1n) is 7.89. The van der Waals surface area contributed by atoms with E-state index in [1.165, 1.54) is 0 Å². The van der Waals surface area contributed by atoms with Gasteiger partial charge in [0.2, 0.25) is 0 Å². The van der Waals surface area contributed by atoms with Crippen LogP contribution in [0.4, 0.5) is 0 Å². The van der Waals surface area contributed by atoms with Crippen LogP contribution in [0.15, 0.2) is 59.4 Å². The molecule has 6 heteroatoms. The molecule has 0 amide bonds. The van der Waals surface area contributed by atoms with E-state index in [4.69, 9.17) is 4.74 Å². The molecule has 124 valence electrons. The van der Waals surface area contributed by atoms with E-state index in [0.717, 1.165) is 10.9 Å². The first-order chi connectivity index (χ1) is 12.1. The van der Waals surface area contributed by atoms with Gasteiger partial charge in [-0.05, 0) is 31.2 Å². The molecule has 0 radical (unpaired) electrons. The Balaban J connectivity index is 1.62. The highest BCUT2D eigenvalue weighted by atomic mass is 16.5. The summed E-state index contributed by atoms with van der Waals surface area (Å²) < 4.78 is 5.45. The molecule has 25 heavy (non-hydrogen) atoms. The number of para-hydroxylation sites is 2. The zero-order valence-electron chi connectivity index (χ0n) is 13.4. The van der Waals surface area contributed by atoms with Crippen LogP contribution in [0.5, 0.6) is 0 Å². The number of hydrogen-bond donors (Lipinski definition) is 2. The van der Waals surface area contributed by atoms with E-state index in [1.807, 2.05) is 24.3 Å². The van der Waals surface area contributed by atoms with Crippen LogP contribution in [0, 0.1) is 0 Å². The average Bonchev–Trinajstić information content (AvgIpc) is 3.06. The number of fused-ring (bicyclic) bond motifs is 2. The molecule has 2 aromatic heterocycles. The van der Waals surface area contributed by atoms with E-state index in [9.17, 15) is 9.59 Å². The molecule has 0 saturated carbocycles. The van der Waals surface area contributed by atoms with Crippen molar-refractivity contribution in [3.8, 4) is 0 Å². The fourth-order valence-electron chi connectivity index (χ4n) is 2.76. The van der Waals surface area contributed by atoms with Crippen LogP contribution in [0.1, 0.15) is 29.3 Å². The maximum absolute atomic E-state index is 12.4. The maximum Gasteiger partial charge on any atom is 0.355 e. The molecule has 2 heterocycles. The van der Waals surface area contributed by atoms with Crippen LogP contribution in [0.25, 0.3) is 21.8 Å². The van der Waals surface area contributed by atoms with Crippen molar-refractivity contribution in [2.45, 2.75) is 13.0 Å². The third-order valence-corrected chi connectivity index (χ3v) is 4.05. The lowest BCUT2D eigenvalue weighted by Crippen LogP contribution is -2.17. The van der Waals surface area contributed by atoms with E-state index in [-0.39, 0.29) is 5.56 Å². The van der Waals surface area contributed by atoms with E-state index in [0.29, 0.717) is 22.4 Å². The Morgan fingerprint density at radius 1 is 1.08 bits per heavy atom. The van der Waals surface area contributed by atoms with Crippen LogP contribution in [-0.2, 0) is 4.74 Å². The molecule has 0 fully saturated rings. The van der Waals surface area contributed by atoms with E-state index >= 15 is 0 Å². The number of esters is 1.